The lowest BCUT2D eigenvalue weighted by molar-refractivity contribution is -0.138. The molecule has 0 fully saturated rings. The summed E-state index contributed by atoms with van der Waals surface area (Å²) in [6, 6.07) is 5.42. The van der Waals surface area contributed by atoms with Crippen LogP contribution >= 0.6 is 0 Å². The van der Waals surface area contributed by atoms with Crippen LogP contribution in [0.25, 0.3) is 0 Å². The summed E-state index contributed by atoms with van der Waals surface area (Å²) in [5.41, 5.74) is 2.13. The third kappa shape index (κ3) is 3.81. The van der Waals surface area contributed by atoms with E-state index in [4.69, 9.17) is 5.11 Å². The van der Waals surface area contributed by atoms with Crippen molar-refractivity contribution in [2.24, 2.45) is 0 Å². The summed E-state index contributed by atoms with van der Waals surface area (Å²) in [7, 11) is 0. The van der Waals surface area contributed by atoms with Crippen LogP contribution in [0.4, 0.5) is 0 Å². The SMILES string of the molecule is Cc1ccc(C(=O)N(CC(=O)O)C(C)(C)C)cc1C. The fourth-order valence-electron chi connectivity index (χ4n) is 1.78. The fraction of sp³-hybridized carbons (Fsp3) is 0.467. The zero-order valence-electron chi connectivity index (χ0n) is 12.2. The minimum atomic E-state index is -1.01. The van der Waals surface area contributed by atoms with Crippen molar-refractivity contribution in [2.75, 3.05) is 6.54 Å². The second-order valence-corrected chi connectivity index (χ2v) is 5.75. The molecule has 0 aliphatic heterocycles. The zero-order valence-corrected chi connectivity index (χ0v) is 12.2. The van der Waals surface area contributed by atoms with Gasteiger partial charge >= 0.3 is 5.97 Å². The number of rotatable bonds is 3. The van der Waals surface area contributed by atoms with Gasteiger partial charge in [0.15, 0.2) is 0 Å². The number of aryl methyl sites for hydroxylation is 2. The molecule has 104 valence electrons. The van der Waals surface area contributed by atoms with Crippen molar-refractivity contribution in [3.63, 3.8) is 0 Å². The Labute approximate surface area is 114 Å². The maximum absolute atomic E-state index is 12.5. The summed E-state index contributed by atoms with van der Waals surface area (Å²) in [5, 5.41) is 8.95. The number of aliphatic carboxylic acids is 1. The second-order valence-electron chi connectivity index (χ2n) is 5.75. The second kappa shape index (κ2) is 5.43. The van der Waals surface area contributed by atoms with E-state index in [1.165, 1.54) is 4.90 Å². The molecule has 0 unspecified atom stereocenters. The van der Waals surface area contributed by atoms with E-state index in [1.54, 1.807) is 12.1 Å². The highest BCUT2D eigenvalue weighted by atomic mass is 16.4. The van der Waals surface area contributed by atoms with Crippen LogP contribution in [0.15, 0.2) is 18.2 Å². The molecule has 1 N–H and O–H groups in total. The molecule has 0 aliphatic rings. The first kappa shape index (κ1) is 15.2. The molecule has 1 rings (SSSR count). The van der Waals surface area contributed by atoms with Gasteiger partial charge in [-0.25, -0.2) is 0 Å². The Morgan fingerprint density at radius 3 is 2.16 bits per heavy atom. The van der Waals surface area contributed by atoms with E-state index in [0.717, 1.165) is 11.1 Å². The Bertz CT molecular complexity index is 501. The molecular formula is C15H21NO3. The van der Waals surface area contributed by atoms with Crippen molar-refractivity contribution in [2.45, 2.75) is 40.2 Å². The van der Waals surface area contributed by atoms with Crippen LogP contribution in [-0.4, -0.2) is 34.0 Å². The van der Waals surface area contributed by atoms with Crippen molar-refractivity contribution in [3.05, 3.63) is 34.9 Å². The smallest absolute Gasteiger partial charge is 0.323 e. The normalized spacial score (nSPS) is 11.2. The Balaban J connectivity index is 3.12. The summed E-state index contributed by atoms with van der Waals surface area (Å²) in [6.45, 7) is 9.10. The summed E-state index contributed by atoms with van der Waals surface area (Å²) >= 11 is 0. The molecule has 1 amide bonds. The monoisotopic (exact) mass is 263 g/mol. The molecular weight excluding hydrogens is 242 g/mol. The summed E-state index contributed by atoms with van der Waals surface area (Å²) in [4.78, 5) is 24.7. The van der Waals surface area contributed by atoms with E-state index in [1.807, 2.05) is 40.7 Å². The lowest BCUT2D eigenvalue weighted by Gasteiger charge is -2.34. The molecule has 0 heterocycles. The van der Waals surface area contributed by atoms with Crippen LogP contribution in [0, 0.1) is 13.8 Å². The van der Waals surface area contributed by atoms with E-state index >= 15 is 0 Å². The molecule has 0 bridgehead atoms. The van der Waals surface area contributed by atoms with Crippen LogP contribution in [0.1, 0.15) is 42.3 Å². The highest BCUT2D eigenvalue weighted by Crippen LogP contribution is 2.19. The zero-order chi connectivity index (χ0) is 14.8. The lowest BCUT2D eigenvalue weighted by atomic mass is 10.0. The topological polar surface area (TPSA) is 57.6 Å². The minimum absolute atomic E-state index is 0.252. The van der Waals surface area contributed by atoms with E-state index in [2.05, 4.69) is 0 Å². The number of carboxylic acids is 1. The van der Waals surface area contributed by atoms with Gasteiger partial charge in [0, 0.05) is 11.1 Å². The first-order valence-corrected chi connectivity index (χ1v) is 6.24. The van der Waals surface area contributed by atoms with Crippen LogP contribution in [-0.2, 0) is 4.79 Å². The lowest BCUT2D eigenvalue weighted by Crippen LogP contribution is -2.48. The molecule has 4 heteroatoms. The van der Waals surface area contributed by atoms with Crippen molar-refractivity contribution < 1.29 is 14.7 Å². The Morgan fingerprint density at radius 1 is 1.16 bits per heavy atom. The first-order chi connectivity index (χ1) is 8.62. The number of amides is 1. The third-order valence-corrected chi connectivity index (χ3v) is 3.10. The number of benzene rings is 1. The van der Waals surface area contributed by atoms with Gasteiger partial charge in [-0.3, -0.25) is 9.59 Å². The molecule has 0 saturated carbocycles. The predicted molar refractivity (Wildman–Crippen MR) is 74.3 cm³/mol. The number of carbonyl (C=O) groups excluding carboxylic acids is 1. The minimum Gasteiger partial charge on any atom is -0.480 e. The van der Waals surface area contributed by atoms with Crippen LogP contribution in [0.5, 0.6) is 0 Å². The highest BCUT2D eigenvalue weighted by molar-refractivity contribution is 5.96. The Hall–Kier alpha value is -1.84. The molecule has 0 spiro atoms. The quantitative estimate of drug-likeness (QED) is 0.912. The molecule has 4 nitrogen and oxygen atoms in total. The Kier molecular flexibility index (Phi) is 4.35. The van der Waals surface area contributed by atoms with E-state index < -0.39 is 11.5 Å². The molecule has 0 radical (unpaired) electrons. The largest absolute Gasteiger partial charge is 0.480 e. The molecule has 19 heavy (non-hydrogen) atoms. The van der Waals surface area contributed by atoms with Crippen LogP contribution < -0.4 is 0 Å². The molecule has 0 saturated heterocycles. The van der Waals surface area contributed by atoms with Gasteiger partial charge in [0.1, 0.15) is 6.54 Å². The van der Waals surface area contributed by atoms with Crippen molar-refractivity contribution in [1.82, 2.24) is 4.90 Å². The molecule has 1 aromatic carbocycles. The van der Waals surface area contributed by atoms with E-state index in [0.29, 0.717) is 5.56 Å². The van der Waals surface area contributed by atoms with Crippen molar-refractivity contribution >= 4 is 11.9 Å². The number of nitrogens with zero attached hydrogens (tertiary/aromatic N) is 1. The fourth-order valence-corrected chi connectivity index (χ4v) is 1.78. The van der Waals surface area contributed by atoms with Crippen molar-refractivity contribution in [3.8, 4) is 0 Å². The van der Waals surface area contributed by atoms with E-state index in [9.17, 15) is 9.59 Å². The van der Waals surface area contributed by atoms with Gasteiger partial charge in [-0.2, -0.15) is 0 Å². The third-order valence-electron chi connectivity index (χ3n) is 3.10. The standard InChI is InChI=1S/C15H21NO3/c1-10-6-7-12(8-11(10)2)14(19)16(9-13(17)18)15(3,4)5/h6-8H,9H2,1-5H3,(H,17,18). The predicted octanol–water partition coefficient (Wildman–Crippen LogP) is 2.63. The first-order valence-electron chi connectivity index (χ1n) is 6.24. The van der Waals surface area contributed by atoms with Gasteiger partial charge in [-0.05, 0) is 57.9 Å². The number of carbonyl (C=O) groups is 2. The maximum Gasteiger partial charge on any atom is 0.323 e. The van der Waals surface area contributed by atoms with Crippen molar-refractivity contribution in [1.29, 1.82) is 0 Å². The number of hydrogen-bond donors (Lipinski definition) is 1. The average molecular weight is 263 g/mol. The highest BCUT2D eigenvalue weighted by Gasteiger charge is 2.29. The van der Waals surface area contributed by atoms with Gasteiger partial charge < -0.3 is 10.0 Å². The number of hydrogen-bond acceptors (Lipinski definition) is 2. The maximum atomic E-state index is 12.5. The van der Waals surface area contributed by atoms with Gasteiger partial charge in [0.05, 0.1) is 0 Å². The summed E-state index contributed by atoms with van der Waals surface area (Å²) in [5.74, 6) is -1.26. The van der Waals surface area contributed by atoms with Crippen LogP contribution in [0.3, 0.4) is 0 Å². The average Bonchev–Trinajstić information content (AvgIpc) is 2.27. The molecule has 1 aromatic rings. The molecule has 0 aliphatic carbocycles. The van der Waals surface area contributed by atoms with Gasteiger partial charge in [0.2, 0.25) is 0 Å². The Morgan fingerprint density at radius 2 is 1.74 bits per heavy atom. The number of carboxylic acid groups (broad SMARTS) is 1. The van der Waals surface area contributed by atoms with E-state index in [-0.39, 0.29) is 12.5 Å². The molecule has 0 atom stereocenters. The molecule has 0 aromatic heterocycles. The summed E-state index contributed by atoms with van der Waals surface area (Å²) < 4.78 is 0. The summed E-state index contributed by atoms with van der Waals surface area (Å²) in [6.07, 6.45) is 0. The van der Waals surface area contributed by atoms with Gasteiger partial charge in [-0.15, -0.1) is 0 Å². The van der Waals surface area contributed by atoms with Crippen LogP contribution in [0.2, 0.25) is 0 Å². The van der Waals surface area contributed by atoms with Gasteiger partial charge in [0.25, 0.3) is 5.91 Å². The van der Waals surface area contributed by atoms with Gasteiger partial charge in [-0.1, -0.05) is 6.07 Å².